The number of halogens is 6. The molecular formula is C31H44F6O4. The third kappa shape index (κ3) is 8.10. The number of allylic oxidation sites excluding steroid dienone is 3. The molecule has 234 valence electrons. The Bertz CT molecular complexity index is 1000. The number of alkyl halides is 6. The molecule has 0 saturated heterocycles. The van der Waals surface area contributed by atoms with E-state index in [-0.39, 0.29) is 29.6 Å². The van der Waals surface area contributed by atoms with Crippen molar-refractivity contribution >= 4 is 0 Å². The fourth-order valence-corrected chi connectivity index (χ4v) is 7.44. The van der Waals surface area contributed by atoms with Crippen LogP contribution in [0.15, 0.2) is 23.3 Å². The highest BCUT2D eigenvalue weighted by atomic mass is 19.4. The largest absolute Gasteiger partial charge is 0.438 e. The number of rotatable bonds is 7. The summed E-state index contributed by atoms with van der Waals surface area (Å²) in [6.07, 6.45) is -2.19. The van der Waals surface area contributed by atoms with Gasteiger partial charge in [0.05, 0.1) is 17.8 Å². The highest BCUT2D eigenvalue weighted by molar-refractivity contribution is 5.27. The van der Waals surface area contributed by atoms with Crippen molar-refractivity contribution in [2.75, 3.05) is 0 Å². The molecule has 41 heavy (non-hydrogen) atoms. The lowest BCUT2D eigenvalue weighted by Gasteiger charge is -2.45. The molecule has 3 rings (SSSR count). The van der Waals surface area contributed by atoms with E-state index in [2.05, 4.69) is 18.9 Å². The SMILES string of the molecule is CC(C)(O)CCC[C@@H](CC#CC(O)(C(F)(F)F)C(F)(F)F)[C@H]1CC[C@H]2/C(=C/C=C3C[C@H](O)C[C@@H](O)C3)CCC[C@]12C. The van der Waals surface area contributed by atoms with Crippen LogP contribution in [-0.2, 0) is 0 Å². The van der Waals surface area contributed by atoms with Gasteiger partial charge in [-0.1, -0.05) is 42.6 Å². The standard InChI is InChI=1S/C31H44F6O4/c1-27(2,40)14-4-7-21(9-6-16-29(41,30(32,33)34)31(35,36)37)25-12-13-26-22(8-5-15-28(25,26)3)11-10-20-17-23(38)19-24(39)18-20/h10-11,21,23-26,38-41H,4-5,7-9,12-15,17-19H2,1-3H3/b22-11+/t21-,23-,24-,25+,26-,28+/m0/s1. The van der Waals surface area contributed by atoms with E-state index in [0.29, 0.717) is 38.5 Å². The Morgan fingerprint density at radius 2 is 1.59 bits per heavy atom. The third-order valence-corrected chi connectivity index (χ3v) is 9.50. The molecule has 0 aromatic rings. The predicted octanol–water partition coefficient (Wildman–Crippen LogP) is 6.77. The van der Waals surface area contributed by atoms with Crippen molar-refractivity contribution in [3.05, 3.63) is 23.3 Å². The minimum atomic E-state index is -5.99. The van der Waals surface area contributed by atoms with Crippen LogP contribution in [0, 0.1) is 35.0 Å². The van der Waals surface area contributed by atoms with Gasteiger partial charge in [0.1, 0.15) is 0 Å². The highest BCUT2D eigenvalue weighted by Gasteiger charge is 2.70. The molecule has 3 aliphatic carbocycles. The fraction of sp³-hybridized carbons (Fsp3) is 0.806. The Balaban J connectivity index is 1.87. The van der Waals surface area contributed by atoms with E-state index in [1.165, 1.54) is 5.57 Å². The van der Waals surface area contributed by atoms with Crippen LogP contribution in [0.1, 0.15) is 97.8 Å². The molecule has 0 unspecified atom stereocenters. The highest BCUT2D eigenvalue weighted by Crippen LogP contribution is 2.60. The molecule has 0 bridgehead atoms. The van der Waals surface area contributed by atoms with Gasteiger partial charge < -0.3 is 20.4 Å². The summed E-state index contributed by atoms with van der Waals surface area (Å²) in [5.74, 6) is 3.13. The van der Waals surface area contributed by atoms with Crippen LogP contribution < -0.4 is 0 Å². The van der Waals surface area contributed by atoms with Crippen LogP contribution in [-0.4, -0.2) is 56.2 Å². The van der Waals surface area contributed by atoms with Gasteiger partial charge in [0.2, 0.25) is 0 Å². The van der Waals surface area contributed by atoms with Crippen molar-refractivity contribution in [2.45, 2.75) is 134 Å². The molecule has 0 heterocycles. The fourth-order valence-electron chi connectivity index (χ4n) is 7.44. The molecule has 0 radical (unpaired) electrons. The first-order valence-corrected chi connectivity index (χ1v) is 14.6. The first-order valence-electron chi connectivity index (χ1n) is 14.6. The first-order chi connectivity index (χ1) is 18.8. The van der Waals surface area contributed by atoms with Crippen molar-refractivity contribution in [1.29, 1.82) is 0 Å². The third-order valence-electron chi connectivity index (χ3n) is 9.50. The summed E-state index contributed by atoms with van der Waals surface area (Å²) in [6.45, 7) is 5.46. The summed E-state index contributed by atoms with van der Waals surface area (Å²) in [7, 11) is 0. The van der Waals surface area contributed by atoms with Gasteiger partial charge >= 0.3 is 18.0 Å². The van der Waals surface area contributed by atoms with E-state index in [0.717, 1.165) is 43.6 Å². The van der Waals surface area contributed by atoms with E-state index >= 15 is 0 Å². The molecule has 6 atom stereocenters. The van der Waals surface area contributed by atoms with Gasteiger partial charge in [-0.3, -0.25) is 0 Å². The molecule has 3 aliphatic rings. The topological polar surface area (TPSA) is 80.9 Å². The lowest BCUT2D eigenvalue weighted by molar-refractivity contribution is -0.343. The van der Waals surface area contributed by atoms with Gasteiger partial charge in [0.15, 0.2) is 0 Å². The van der Waals surface area contributed by atoms with Crippen LogP contribution in [0.3, 0.4) is 0 Å². The van der Waals surface area contributed by atoms with Crippen LogP contribution in [0.2, 0.25) is 0 Å². The Morgan fingerprint density at radius 1 is 0.976 bits per heavy atom. The maximum absolute atomic E-state index is 13.2. The molecule has 0 amide bonds. The van der Waals surface area contributed by atoms with Gasteiger partial charge in [-0.05, 0) is 107 Å². The predicted molar refractivity (Wildman–Crippen MR) is 143 cm³/mol. The monoisotopic (exact) mass is 594 g/mol. The summed E-state index contributed by atoms with van der Waals surface area (Å²) in [5.41, 5.74) is -4.05. The normalized spacial score (nSPS) is 31.4. The minimum Gasteiger partial charge on any atom is -0.393 e. The number of aliphatic hydroxyl groups excluding tert-OH is 2. The van der Waals surface area contributed by atoms with E-state index < -0.39 is 35.8 Å². The average Bonchev–Trinajstić information content (AvgIpc) is 3.16. The van der Waals surface area contributed by atoms with Crippen molar-refractivity contribution in [3.63, 3.8) is 0 Å². The molecule has 0 aliphatic heterocycles. The van der Waals surface area contributed by atoms with Gasteiger partial charge in [-0.2, -0.15) is 26.3 Å². The first kappa shape index (κ1) is 34.0. The molecule has 4 N–H and O–H groups in total. The summed E-state index contributed by atoms with van der Waals surface area (Å²) in [4.78, 5) is 0. The Morgan fingerprint density at radius 3 is 2.15 bits per heavy atom. The summed E-state index contributed by atoms with van der Waals surface area (Å²) >= 11 is 0. The number of hydrogen-bond donors (Lipinski definition) is 4. The lowest BCUT2D eigenvalue weighted by atomic mass is 9.60. The summed E-state index contributed by atoms with van der Waals surface area (Å²) in [6, 6.07) is 0. The van der Waals surface area contributed by atoms with Crippen molar-refractivity contribution in [1.82, 2.24) is 0 Å². The number of hydrogen-bond acceptors (Lipinski definition) is 4. The summed E-state index contributed by atoms with van der Waals surface area (Å²) in [5, 5.41) is 39.7. The summed E-state index contributed by atoms with van der Waals surface area (Å²) < 4.78 is 79.2. The molecule has 0 aromatic heterocycles. The van der Waals surface area contributed by atoms with Gasteiger partial charge in [-0.15, -0.1) is 0 Å². The molecular weight excluding hydrogens is 550 g/mol. The second-order valence-electron chi connectivity index (χ2n) is 13.3. The van der Waals surface area contributed by atoms with Crippen molar-refractivity contribution < 1.29 is 46.8 Å². The number of fused-ring (bicyclic) bond motifs is 1. The van der Waals surface area contributed by atoms with Crippen LogP contribution in [0.25, 0.3) is 0 Å². The Hall–Kier alpha value is -1.54. The van der Waals surface area contributed by atoms with Crippen LogP contribution in [0.5, 0.6) is 0 Å². The maximum Gasteiger partial charge on any atom is 0.438 e. The molecule has 3 fully saturated rings. The van der Waals surface area contributed by atoms with Crippen LogP contribution >= 0.6 is 0 Å². The molecule has 4 nitrogen and oxygen atoms in total. The molecule has 0 aromatic carbocycles. The molecule has 10 heteroatoms. The lowest BCUT2D eigenvalue weighted by Crippen LogP contribution is -2.55. The Labute approximate surface area is 238 Å². The zero-order valence-corrected chi connectivity index (χ0v) is 24.1. The second-order valence-corrected chi connectivity index (χ2v) is 13.3. The van der Waals surface area contributed by atoms with E-state index in [9.17, 15) is 46.8 Å². The minimum absolute atomic E-state index is 0.00292. The number of aliphatic hydroxyl groups is 4. The van der Waals surface area contributed by atoms with Crippen LogP contribution in [0.4, 0.5) is 26.3 Å². The van der Waals surface area contributed by atoms with Gasteiger partial charge in [-0.25, -0.2) is 0 Å². The van der Waals surface area contributed by atoms with Gasteiger partial charge in [0, 0.05) is 6.42 Å². The van der Waals surface area contributed by atoms with E-state index in [1.54, 1.807) is 13.8 Å². The quantitative estimate of drug-likeness (QED) is 0.194. The Kier molecular flexibility index (Phi) is 10.4. The second kappa shape index (κ2) is 12.6. The smallest absolute Gasteiger partial charge is 0.393 e. The maximum atomic E-state index is 13.2. The van der Waals surface area contributed by atoms with E-state index in [1.807, 2.05) is 6.08 Å². The van der Waals surface area contributed by atoms with Gasteiger partial charge in [0.25, 0.3) is 0 Å². The zero-order chi connectivity index (χ0) is 30.9. The van der Waals surface area contributed by atoms with Crippen molar-refractivity contribution in [3.8, 4) is 11.8 Å². The molecule has 3 saturated carbocycles. The zero-order valence-electron chi connectivity index (χ0n) is 24.1. The average molecular weight is 595 g/mol. The molecule has 0 spiro atoms. The van der Waals surface area contributed by atoms with Crippen molar-refractivity contribution in [2.24, 2.45) is 23.2 Å². The van der Waals surface area contributed by atoms with E-state index in [4.69, 9.17) is 0 Å².